The summed E-state index contributed by atoms with van der Waals surface area (Å²) in [5.74, 6) is -0.356. The van der Waals surface area contributed by atoms with Crippen LogP contribution in [0.2, 0.25) is 5.02 Å². The second-order valence-corrected chi connectivity index (χ2v) is 11.3. The second kappa shape index (κ2) is 10.2. The number of anilines is 1. The Morgan fingerprint density at radius 3 is 2.51 bits per heavy atom. The lowest BCUT2D eigenvalue weighted by Gasteiger charge is -2.15. The maximum absolute atomic E-state index is 13.2. The molecule has 182 valence electrons. The molecule has 0 aliphatic heterocycles. The zero-order chi connectivity index (χ0) is 25.2. The van der Waals surface area contributed by atoms with Crippen molar-refractivity contribution in [3.05, 3.63) is 92.5 Å². The van der Waals surface area contributed by atoms with Crippen LogP contribution in [0.4, 0.5) is 5.69 Å². The van der Waals surface area contributed by atoms with Crippen LogP contribution in [0, 0.1) is 0 Å². The number of para-hydroxylation sites is 1. The summed E-state index contributed by atoms with van der Waals surface area (Å²) in [5.41, 5.74) is 1.96. The highest BCUT2D eigenvalue weighted by Gasteiger charge is 2.21. The number of hydrogen-bond acceptors (Lipinski definition) is 5. The van der Waals surface area contributed by atoms with Crippen molar-refractivity contribution in [2.24, 2.45) is 0 Å². The number of sulfonamides is 1. The van der Waals surface area contributed by atoms with Gasteiger partial charge in [0.2, 0.25) is 0 Å². The standard InChI is InChI=1S/C25H24ClN3O4S2/c1-3-16(2)27-24(30)20-6-4-5-7-21(20)28-35(32,33)19-12-13-22-23(14-19)34-25(31)29(22)15-17-8-10-18(26)11-9-17/h4-14,16,28H,3,15H2,1-2H3,(H,27,30)/t16-/m0/s1. The molecule has 0 unspecified atom stereocenters. The molecule has 1 aromatic heterocycles. The minimum absolute atomic E-state index is 0.00188. The van der Waals surface area contributed by atoms with Crippen LogP contribution in [-0.2, 0) is 16.6 Å². The Kier molecular flexibility index (Phi) is 7.30. The molecule has 0 fully saturated rings. The van der Waals surface area contributed by atoms with Gasteiger partial charge in [0.05, 0.1) is 32.9 Å². The van der Waals surface area contributed by atoms with Crippen LogP contribution in [0.15, 0.2) is 76.4 Å². The Morgan fingerprint density at radius 2 is 1.80 bits per heavy atom. The third kappa shape index (κ3) is 5.58. The topological polar surface area (TPSA) is 97.3 Å². The second-order valence-electron chi connectivity index (χ2n) is 8.14. The van der Waals surface area contributed by atoms with Gasteiger partial charge >= 0.3 is 4.87 Å². The summed E-state index contributed by atoms with van der Waals surface area (Å²) in [6, 6.07) is 18.2. The van der Waals surface area contributed by atoms with Crippen LogP contribution in [-0.4, -0.2) is 24.9 Å². The third-order valence-electron chi connectivity index (χ3n) is 5.61. The van der Waals surface area contributed by atoms with Crippen molar-refractivity contribution in [1.29, 1.82) is 0 Å². The monoisotopic (exact) mass is 529 g/mol. The molecule has 4 aromatic rings. The van der Waals surface area contributed by atoms with E-state index in [2.05, 4.69) is 10.0 Å². The van der Waals surface area contributed by atoms with Gasteiger partial charge in [-0.05, 0) is 61.4 Å². The zero-order valence-electron chi connectivity index (χ0n) is 19.1. The predicted octanol–water partition coefficient (Wildman–Crippen LogP) is 5.09. The number of carbonyl (C=O) groups is 1. The Bertz CT molecular complexity index is 1540. The number of rotatable bonds is 8. The van der Waals surface area contributed by atoms with E-state index < -0.39 is 10.0 Å². The smallest absolute Gasteiger partial charge is 0.308 e. The predicted molar refractivity (Wildman–Crippen MR) is 141 cm³/mol. The van der Waals surface area contributed by atoms with Gasteiger partial charge in [-0.15, -0.1) is 0 Å². The highest BCUT2D eigenvalue weighted by molar-refractivity contribution is 7.92. The summed E-state index contributed by atoms with van der Waals surface area (Å²) < 4.78 is 31.0. The van der Waals surface area contributed by atoms with Crippen LogP contribution < -0.4 is 14.9 Å². The van der Waals surface area contributed by atoms with Crippen molar-refractivity contribution in [3.8, 4) is 0 Å². The largest absolute Gasteiger partial charge is 0.350 e. The maximum atomic E-state index is 13.2. The van der Waals surface area contributed by atoms with E-state index in [-0.39, 0.29) is 33.0 Å². The molecule has 1 heterocycles. The van der Waals surface area contributed by atoms with Crippen molar-refractivity contribution >= 4 is 54.8 Å². The van der Waals surface area contributed by atoms with Gasteiger partial charge in [0.15, 0.2) is 0 Å². The number of benzene rings is 3. The number of carbonyl (C=O) groups excluding carboxylic acids is 1. The number of halogens is 1. The number of aromatic nitrogens is 1. The summed E-state index contributed by atoms with van der Waals surface area (Å²) in [5, 5.41) is 3.46. The molecule has 10 heteroatoms. The molecule has 7 nitrogen and oxygen atoms in total. The van der Waals surface area contributed by atoms with E-state index in [4.69, 9.17) is 11.6 Å². The Labute approximate surface area is 212 Å². The summed E-state index contributed by atoms with van der Waals surface area (Å²) >= 11 is 6.92. The van der Waals surface area contributed by atoms with Gasteiger partial charge in [-0.1, -0.05) is 54.1 Å². The number of hydrogen-bond donors (Lipinski definition) is 2. The number of nitrogens with one attached hydrogen (secondary N) is 2. The van der Waals surface area contributed by atoms with Crippen molar-refractivity contribution < 1.29 is 13.2 Å². The fourth-order valence-corrected chi connectivity index (χ4v) is 5.75. The molecule has 0 saturated carbocycles. The normalized spacial score (nSPS) is 12.4. The summed E-state index contributed by atoms with van der Waals surface area (Å²) in [6.45, 7) is 4.18. The molecule has 3 aromatic carbocycles. The SMILES string of the molecule is CC[C@H](C)NC(=O)c1ccccc1NS(=O)(=O)c1ccc2c(c1)sc(=O)n2Cc1ccc(Cl)cc1. The molecule has 0 bridgehead atoms. The van der Waals surface area contributed by atoms with E-state index in [0.29, 0.717) is 21.8 Å². The van der Waals surface area contributed by atoms with E-state index in [1.54, 1.807) is 47.0 Å². The first-order valence-corrected chi connectivity index (χ1v) is 13.7. The van der Waals surface area contributed by atoms with Crippen LogP contribution in [0.25, 0.3) is 10.2 Å². The molecule has 35 heavy (non-hydrogen) atoms. The molecule has 1 atom stereocenters. The van der Waals surface area contributed by atoms with E-state index in [0.717, 1.165) is 23.3 Å². The number of amides is 1. The maximum Gasteiger partial charge on any atom is 0.308 e. The summed E-state index contributed by atoms with van der Waals surface area (Å²) in [6.07, 6.45) is 0.750. The molecule has 0 aliphatic rings. The number of nitrogens with zero attached hydrogens (tertiary/aromatic N) is 1. The first kappa shape index (κ1) is 25.0. The minimum Gasteiger partial charge on any atom is -0.350 e. The Balaban J connectivity index is 1.63. The molecule has 0 aliphatic carbocycles. The van der Waals surface area contributed by atoms with Crippen LogP contribution >= 0.6 is 22.9 Å². The summed E-state index contributed by atoms with van der Waals surface area (Å²) in [4.78, 5) is 25.1. The zero-order valence-corrected chi connectivity index (χ0v) is 21.5. The first-order valence-electron chi connectivity index (χ1n) is 11.0. The third-order valence-corrected chi connectivity index (χ3v) is 8.17. The minimum atomic E-state index is -4.01. The lowest BCUT2D eigenvalue weighted by molar-refractivity contribution is 0.0940. The number of thiazole rings is 1. The Morgan fingerprint density at radius 1 is 1.09 bits per heavy atom. The lowest BCUT2D eigenvalue weighted by atomic mass is 10.1. The molecule has 4 rings (SSSR count). The van der Waals surface area contributed by atoms with Gasteiger partial charge in [0.25, 0.3) is 15.9 Å². The molecule has 0 saturated heterocycles. The summed E-state index contributed by atoms with van der Waals surface area (Å²) in [7, 11) is -4.01. The molecular formula is C25H24ClN3O4S2. The average molecular weight is 530 g/mol. The highest BCUT2D eigenvalue weighted by Crippen LogP contribution is 2.25. The van der Waals surface area contributed by atoms with E-state index in [1.165, 1.54) is 12.1 Å². The number of fused-ring (bicyclic) bond motifs is 1. The van der Waals surface area contributed by atoms with Gasteiger partial charge < -0.3 is 5.32 Å². The van der Waals surface area contributed by atoms with E-state index in [1.807, 2.05) is 26.0 Å². The fraction of sp³-hybridized carbons (Fsp3) is 0.200. The van der Waals surface area contributed by atoms with E-state index in [9.17, 15) is 18.0 Å². The van der Waals surface area contributed by atoms with Crippen molar-refractivity contribution in [2.75, 3.05) is 4.72 Å². The van der Waals surface area contributed by atoms with E-state index >= 15 is 0 Å². The quantitative estimate of drug-likeness (QED) is 0.332. The van der Waals surface area contributed by atoms with Crippen molar-refractivity contribution in [1.82, 2.24) is 9.88 Å². The van der Waals surface area contributed by atoms with Gasteiger partial charge in [0, 0.05) is 11.1 Å². The van der Waals surface area contributed by atoms with Crippen molar-refractivity contribution in [3.63, 3.8) is 0 Å². The molecule has 1 amide bonds. The van der Waals surface area contributed by atoms with Gasteiger partial charge in [-0.2, -0.15) is 0 Å². The molecule has 0 radical (unpaired) electrons. The van der Waals surface area contributed by atoms with Gasteiger partial charge in [-0.3, -0.25) is 18.9 Å². The molecule has 2 N–H and O–H groups in total. The van der Waals surface area contributed by atoms with Crippen molar-refractivity contribution in [2.45, 2.75) is 37.8 Å². The van der Waals surface area contributed by atoms with Gasteiger partial charge in [0.1, 0.15) is 0 Å². The first-order chi connectivity index (χ1) is 16.7. The fourth-order valence-electron chi connectivity index (χ4n) is 3.51. The molecule has 0 spiro atoms. The highest BCUT2D eigenvalue weighted by atomic mass is 35.5. The van der Waals surface area contributed by atoms with Gasteiger partial charge in [-0.25, -0.2) is 8.42 Å². The van der Waals surface area contributed by atoms with Crippen LogP contribution in [0.5, 0.6) is 0 Å². The molecular weight excluding hydrogens is 506 g/mol. The van der Waals surface area contributed by atoms with Crippen LogP contribution in [0.3, 0.4) is 0 Å². The van der Waals surface area contributed by atoms with Crippen LogP contribution in [0.1, 0.15) is 36.2 Å². The Hall–Kier alpha value is -3.14. The lowest BCUT2D eigenvalue weighted by Crippen LogP contribution is -2.32. The average Bonchev–Trinajstić information content (AvgIpc) is 3.14.